The molecule has 2 aromatic rings. The molecule has 2 aliphatic heterocycles. The van der Waals surface area contributed by atoms with Gasteiger partial charge in [0.05, 0.1) is 12.0 Å². The molecule has 5 nitrogen and oxygen atoms in total. The van der Waals surface area contributed by atoms with Crippen molar-refractivity contribution < 1.29 is 9.59 Å². The normalized spacial score (nSPS) is 18.0. The van der Waals surface area contributed by atoms with E-state index < -0.39 is 5.66 Å². The second-order valence-corrected chi connectivity index (χ2v) is 7.33. The molecular weight excluding hydrogens is 350 g/mol. The fourth-order valence-electron chi connectivity index (χ4n) is 3.66. The average molecular weight is 370 g/mol. The highest BCUT2D eigenvalue weighted by molar-refractivity contribution is 6.31. The summed E-state index contributed by atoms with van der Waals surface area (Å²) in [6, 6.07) is 15.1. The molecule has 1 spiro atoms. The van der Waals surface area contributed by atoms with E-state index in [4.69, 9.17) is 11.6 Å². The molecule has 2 heterocycles. The van der Waals surface area contributed by atoms with Crippen molar-refractivity contribution in [2.24, 2.45) is 0 Å². The van der Waals surface area contributed by atoms with Gasteiger partial charge in [0.25, 0.3) is 5.91 Å². The summed E-state index contributed by atoms with van der Waals surface area (Å²) in [6.45, 7) is 1.23. The zero-order chi connectivity index (χ0) is 18.1. The molecule has 1 fully saturated rings. The highest BCUT2D eigenvalue weighted by Crippen LogP contribution is 2.32. The van der Waals surface area contributed by atoms with Gasteiger partial charge in [0, 0.05) is 36.6 Å². The smallest absolute Gasteiger partial charge is 0.255 e. The number of carbonyl (C=O) groups is 2. The van der Waals surface area contributed by atoms with Gasteiger partial charge in [0.15, 0.2) is 0 Å². The van der Waals surface area contributed by atoms with Crippen molar-refractivity contribution in [3.05, 3.63) is 64.7 Å². The van der Waals surface area contributed by atoms with Crippen molar-refractivity contribution in [3.63, 3.8) is 0 Å². The molecule has 0 aromatic heterocycles. The summed E-state index contributed by atoms with van der Waals surface area (Å²) in [5.41, 5.74) is 1.88. The molecule has 2 N–H and O–H groups in total. The second-order valence-electron chi connectivity index (χ2n) is 6.89. The van der Waals surface area contributed by atoms with Crippen LogP contribution < -0.4 is 10.6 Å². The third-order valence-corrected chi connectivity index (χ3v) is 5.36. The predicted octanol–water partition coefficient (Wildman–Crippen LogP) is 3.06. The van der Waals surface area contributed by atoms with Crippen LogP contribution in [-0.2, 0) is 11.2 Å². The molecular formula is C20H20ClN3O2. The Morgan fingerprint density at radius 1 is 1.08 bits per heavy atom. The number of piperidine rings is 1. The number of rotatable bonds is 2. The van der Waals surface area contributed by atoms with E-state index in [0.717, 1.165) is 11.3 Å². The van der Waals surface area contributed by atoms with Crippen molar-refractivity contribution in [2.75, 3.05) is 18.4 Å². The number of fused-ring (bicyclic) bond motifs is 1. The van der Waals surface area contributed by atoms with Crippen LogP contribution in [0.15, 0.2) is 48.5 Å². The first-order chi connectivity index (χ1) is 12.5. The van der Waals surface area contributed by atoms with E-state index in [-0.39, 0.29) is 11.8 Å². The molecule has 0 bridgehead atoms. The van der Waals surface area contributed by atoms with E-state index in [1.807, 2.05) is 41.3 Å². The van der Waals surface area contributed by atoms with Crippen LogP contribution in [-0.4, -0.2) is 35.5 Å². The number of nitrogens with zero attached hydrogens (tertiary/aromatic N) is 1. The topological polar surface area (TPSA) is 61.4 Å². The maximum Gasteiger partial charge on any atom is 0.255 e. The molecule has 6 heteroatoms. The highest BCUT2D eigenvalue weighted by atomic mass is 35.5. The van der Waals surface area contributed by atoms with Crippen LogP contribution in [0, 0.1) is 0 Å². The molecule has 0 radical (unpaired) electrons. The lowest BCUT2D eigenvalue weighted by Gasteiger charge is -2.46. The maximum absolute atomic E-state index is 12.5. The van der Waals surface area contributed by atoms with E-state index in [2.05, 4.69) is 10.6 Å². The SMILES string of the molecule is O=C1NC2(CCN(C(=O)Cc3ccccc3)CC2)Nc2ccc(Cl)cc21. The summed E-state index contributed by atoms with van der Waals surface area (Å²) in [5, 5.41) is 7.07. The van der Waals surface area contributed by atoms with Gasteiger partial charge in [0.2, 0.25) is 5.91 Å². The summed E-state index contributed by atoms with van der Waals surface area (Å²) < 4.78 is 0. The zero-order valence-electron chi connectivity index (χ0n) is 14.3. The molecule has 2 aliphatic rings. The predicted molar refractivity (Wildman–Crippen MR) is 101 cm³/mol. The average Bonchev–Trinajstić information content (AvgIpc) is 2.64. The summed E-state index contributed by atoms with van der Waals surface area (Å²) in [4.78, 5) is 26.9. The molecule has 0 unspecified atom stereocenters. The first kappa shape index (κ1) is 16.9. The van der Waals surface area contributed by atoms with Crippen LogP contribution in [0.5, 0.6) is 0 Å². The number of nitrogens with one attached hydrogen (secondary N) is 2. The van der Waals surface area contributed by atoms with Gasteiger partial charge in [0.1, 0.15) is 5.66 Å². The van der Waals surface area contributed by atoms with Gasteiger partial charge in [-0.25, -0.2) is 0 Å². The molecule has 0 atom stereocenters. The second kappa shape index (κ2) is 6.65. The minimum Gasteiger partial charge on any atom is -0.362 e. The molecule has 0 saturated carbocycles. The monoisotopic (exact) mass is 369 g/mol. The van der Waals surface area contributed by atoms with Crippen molar-refractivity contribution in [1.82, 2.24) is 10.2 Å². The van der Waals surface area contributed by atoms with Gasteiger partial charge >= 0.3 is 0 Å². The fourth-order valence-corrected chi connectivity index (χ4v) is 3.83. The number of likely N-dealkylation sites (tertiary alicyclic amines) is 1. The first-order valence-electron chi connectivity index (χ1n) is 8.77. The Labute approximate surface area is 157 Å². The molecule has 1 saturated heterocycles. The van der Waals surface area contributed by atoms with Crippen LogP contribution >= 0.6 is 11.6 Å². The molecule has 2 aromatic carbocycles. The molecule has 0 aliphatic carbocycles. The Balaban J connectivity index is 1.42. The quantitative estimate of drug-likeness (QED) is 0.855. The number of hydrogen-bond acceptors (Lipinski definition) is 3. The molecule has 134 valence electrons. The van der Waals surface area contributed by atoms with Crippen molar-refractivity contribution in [2.45, 2.75) is 24.9 Å². The van der Waals surface area contributed by atoms with Crippen LogP contribution in [0.1, 0.15) is 28.8 Å². The number of hydrogen-bond donors (Lipinski definition) is 2. The minimum absolute atomic E-state index is 0.120. The molecule has 2 amide bonds. The number of halogens is 1. The van der Waals surface area contributed by atoms with Gasteiger partial charge in [-0.05, 0) is 23.8 Å². The van der Waals surface area contributed by atoms with E-state index in [0.29, 0.717) is 42.9 Å². The van der Waals surface area contributed by atoms with Gasteiger partial charge in [-0.3, -0.25) is 9.59 Å². The third-order valence-electron chi connectivity index (χ3n) is 5.12. The Hall–Kier alpha value is -2.53. The van der Waals surface area contributed by atoms with Crippen LogP contribution in [0.2, 0.25) is 5.02 Å². The summed E-state index contributed by atoms with van der Waals surface area (Å²) >= 11 is 5.99. The number of benzene rings is 2. The minimum atomic E-state index is -0.499. The lowest BCUT2D eigenvalue weighted by Crippen LogP contribution is -2.62. The highest BCUT2D eigenvalue weighted by Gasteiger charge is 2.40. The van der Waals surface area contributed by atoms with Crippen LogP contribution in [0.3, 0.4) is 0 Å². The number of anilines is 1. The third kappa shape index (κ3) is 3.27. The van der Waals surface area contributed by atoms with Gasteiger partial charge in [-0.1, -0.05) is 41.9 Å². The zero-order valence-corrected chi connectivity index (χ0v) is 15.1. The Morgan fingerprint density at radius 2 is 1.81 bits per heavy atom. The van der Waals surface area contributed by atoms with E-state index in [9.17, 15) is 9.59 Å². The largest absolute Gasteiger partial charge is 0.362 e. The molecule has 26 heavy (non-hydrogen) atoms. The number of carbonyl (C=O) groups excluding carboxylic acids is 2. The van der Waals surface area contributed by atoms with E-state index in [1.165, 1.54) is 0 Å². The fraction of sp³-hybridized carbons (Fsp3) is 0.300. The molecule has 4 rings (SSSR count). The van der Waals surface area contributed by atoms with E-state index >= 15 is 0 Å². The lowest BCUT2D eigenvalue weighted by atomic mass is 9.92. The Morgan fingerprint density at radius 3 is 2.54 bits per heavy atom. The standard InChI is InChI=1S/C20H20ClN3O2/c21-15-6-7-17-16(13-15)19(26)23-20(22-17)8-10-24(11-9-20)18(25)12-14-4-2-1-3-5-14/h1-7,13,22H,8-12H2,(H,23,26). The van der Waals surface area contributed by atoms with E-state index in [1.54, 1.807) is 12.1 Å². The Bertz CT molecular complexity index is 845. The summed E-state index contributed by atoms with van der Waals surface area (Å²) in [7, 11) is 0. The van der Waals surface area contributed by atoms with Gasteiger partial charge < -0.3 is 15.5 Å². The summed E-state index contributed by atoms with van der Waals surface area (Å²) in [5.74, 6) is 0.00526. The van der Waals surface area contributed by atoms with Crippen LogP contribution in [0.4, 0.5) is 5.69 Å². The maximum atomic E-state index is 12.5. The van der Waals surface area contributed by atoms with Gasteiger partial charge in [-0.15, -0.1) is 0 Å². The van der Waals surface area contributed by atoms with Crippen molar-refractivity contribution in [1.29, 1.82) is 0 Å². The van der Waals surface area contributed by atoms with Gasteiger partial charge in [-0.2, -0.15) is 0 Å². The van der Waals surface area contributed by atoms with Crippen molar-refractivity contribution >= 4 is 29.1 Å². The first-order valence-corrected chi connectivity index (χ1v) is 9.14. The number of amides is 2. The lowest BCUT2D eigenvalue weighted by molar-refractivity contribution is -0.132. The van der Waals surface area contributed by atoms with Crippen molar-refractivity contribution in [3.8, 4) is 0 Å². The van der Waals surface area contributed by atoms with Crippen LogP contribution in [0.25, 0.3) is 0 Å². The Kier molecular flexibility index (Phi) is 4.32. The summed E-state index contributed by atoms with van der Waals surface area (Å²) in [6.07, 6.45) is 1.75.